The molecule has 0 N–H and O–H groups in total. The van der Waals surface area contributed by atoms with E-state index in [0.29, 0.717) is 25.2 Å². The van der Waals surface area contributed by atoms with Crippen LogP contribution in [0.3, 0.4) is 0 Å². The number of unbranched alkanes of at least 4 members (excludes halogenated alkanes) is 1. The summed E-state index contributed by atoms with van der Waals surface area (Å²) >= 11 is 0. The fraction of sp³-hybridized carbons (Fsp3) is 0.308. The van der Waals surface area contributed by atoms with Crippen molar-refractivity contribution < 1.29 is 14.5 Å². The first-order chi connectivity index (χ1) is 16.4. The molecule has 0 unspecified atom stereocenters. The van der Waals surface area contributed by atoms with E-state index in [4.69, 9.17) is 0 Å². The maximum absolute atomic E-state index is 13.5. The molecule has 0 atom stereocenters. The summed E-state index contributed by atoms with van der Waals surface area (Å²) < 4.78 is 1.97. The molecule has 0 fully saturated rings. The number of non-ortho nitro benzene ring substituents is 1. The Kier molecular flexibility index (Phi) is 8.56. The SMILES string of the molecule is CCCCN(CC(=O)N(Cc1ccccc1)Cc1cccn1C)C(=O)c1ccc([N+](=O)[O-])cc1. The van der Waals surface area contributed by atoms with Gasteiger partial charge >= 0.3 is 0 Å². The Morgan fingerprint density at radius 1 is 0.941 bits per heavy atom. The fourth-order valence-corrected chi connectivity index (χ4v) is 3.67. The number of rotatable bonds is 11. The van der Waals surface area contributed by atoms with E-state index in [9.17, 15) is 19.7 Å². The van der Waals surface area contributed by atoms with Crippen LogP contribution in [0.1, 0.15) is 41.4 Å². The van der Waals surface area contributed by atoms with Crippen molar-refractivity contribution >= 4 is 17.5 Å². The van der Waals surface area contributed by atoms with Crippen LogP contribution in [0.2, 0.25) is 0 Å². The number of amides is 2. The molecule has 178 valence electrons. The third kappa shape index (κ3) is 6.54. The third-order valence-electron chi connectivity index (χ3n) is 5.69. The summed E-state index contributed by atoms with van der Waals surface area (Å²) in [5.74, 6) is -0.466. The minimum absolute atomic E-state index is 0.0624. The summed E-state index contributed by atoms with van der Waals surface area (Å²) in [5, 5.41) is 10.9. The normalized spacial score (nSPS) is 10.6. The summed E-state index contributed by atoms with van der Waals surface area (Å²) in [6.07, 6.45) is 3.56. The molecule has 34 heavy (non-hydrogen) atoms. The monoisotopic (exact) mass is 462 g/mol. The highest BCUT2D eigenvalue weighted by Gasteiger charge is 2.23. The molecule has 0 aliphatic heterocycles. The largest absolute Gasteiger partial charge is 0.353 e. The van der Waals surface area contributed by atoms with E-state index in [2.05, 4.69) is 0 Å². The first-order valence-electron chi connectivity index (χ1n) is 11.3. The zero-order valence-corrected chi connectivity index (χ0v) is 19.6. The number of hydrogen-bond acceptors (Lipinski definition) is 4. The number of carbonyl (C=O) groups excluding carboxylic acids is 2. The Hall–Kier alpha value is -3.94. The molecule has 0 saturated carbocycles. The van der Waals surface area contributed by atoms with Crippen molar-refractivity contribution in [2.75, 3.05) is 13.1 Å². The van der Waals surface area contributed by atoms with Crippen molar-refractivity contribution in [2.45, 2.75) is 32.9 Å². The standard InChI is InChI=1S/C26H30N4O4/c1-3-4-17-28(26(32)22-12-14-23(15-13-22)30(33)34)20-25(31)29(18-21-9-6-5-7-10-21)19-24-11-8-16-27(24)2/h5-16H,3-4,17-20H2,1-2H3. The molecule has 1 heterocycles. The van der Waals surface area contributed by atoms with Crippen LogP contribution in [0.4, 0.5) is 5.69 Å². The van der Waals surface area contributed by atoms with Crippen molar-refractivity contribution in [3.05, 3.63) is 99.9 Å². The van der Waals surface area contributed by atoms with Gasteiger partial charge in [0.2, 0.25) is 5.91 Å². The number of carbonyl (C=O) groups is 2. The van der Waals surface area contributed by atoms with Crippen molar-refractivity contribution in [3.8, 4) is 0 Å². The van der Waals surface area contributed by atoms with Crippen LogP contribution in [0.25, 0.3) is 0 Å². The first-order valence-corrected chi connectivity index (χ1v) is 11.3. The lowest BCUT2D eigenvalue weighted by Gasteiger charge is -2.28. The van der Waals surface area contributed by atoms with E-state index in [-0.39, 0.29) is 24.0 Å². The molecule has 0 aliphatic carbocycles. The topological polar surface area (TPSA) is 88.7 Å². The van der Waals surface area contributed by atoms with Gasteiger partial charge in [0, 0.05) is 49.7 Å². The Morgan fingerprint density at radius 3 is 2.24 bits per heavy atom. The lowest BCUT2D eigenvalue weighted by molar-refractivity contribution is -0.384. The third-order valence-corrected chi connectivity index (χ3v) is 5.69. The molecule has 3 aromatic rings. The van der Waals surface area contributed by atoms with Gasteiger partial charge in [-0.1, -0.05) is 43.7 Å². The summed E-state index contributed by atoms with van der Waals surface area (Å²) in [6.45, 7) is 3.24. The highest BCUT2D eigenvalue weighted by molar-refractivity contribution is 5.96. The molecule has 0 radical (unpaired) electrons. The van der Waals surface area contributed by atoms with Crippen molar-refractivity contribution in [1.29, 1.82) is 0 Å². The highest BCUT2D eigenvalue weighted by atomic mass is 16.6. The quantitative estimate of drug-likeness (QED) is 0.312. The van der Waals surface area contributed by atoms with E-state index in [1.807, 2.05) is 67.2 Å². The molecule has 0 spiro atoms. The van der Waals surface area contributed by atoms with E-state index in [1.165, 1.54) is 29.2 Å². The number of nitro benzene ring substituents is 1. The Morgan fingerprint density at radius 2 is 1.65 bits per heavy atom. The van der Waals surface area contributed by atoms with Crippen LogP contribution in [-0.4, -0.2) is 44.2 Å². The second kappa shape index (κ2) is 11.8. The van der Waals surface area contributed by atoms with Crippen LogP contribution in [-0.2, 0) is 24.9 Å². The Labute approximate surface area is 199 Å². The van der Waals surface area contributed by atoms with E-state index in [0.717, 1.165) is 24.1 Å². The molecule has 8 nitrogen and oxygen atoms in total. The minimum Gasteiger partial charge on any atom is -0.353 e. The van der Waals surface area contributed by atoms with E-state index in [1.54, 1.807) is 4.90 Å². The second-order valence-corrected chi connectivity index (χ2v) is 8.23. The molecule has 2 amide bonds. The molecular weight excluding hydrogens is 432 g/mol. The summed E-state index contributed by atoms with van der Waals surface area (Å²) in [7, 11) is 1.94. The summed E-state index contributed by atoms with van der Waals surface area (Å²) in [4.78, 5) is 40.4. The number of nitrogens with zero attached hydrogens (tertiary/aromatic N) is 4. The van der Waals surface area contributed by atoms with Gasteiger partial charge in [-0.15, -0.1) is 0 Å². The van der Waals surface area contributed by atoms with Crippen LogP contribution in [0.5, 0.6) is 0 Å². The summed E-state index contributed by atoms with van der Waals surface area (Å²) in [6, 6.07) is 19.2. The smallest absolute Gasteiger partial charge is 0.269 e. The Bertz CT molecular complexity index is 1110. The van der Waals surface area contributed by atoms with Gasteiger partial charge in [0.05, 0.1) is 11.5 Å². The maximum atomic E-state index is 13.5. The molecule has 1 aromatic heterocycles. The van der Waals surface area contributed by atoms with E-state index >= 15 is 0 Å². The molecular formula is C26H30N4O4. The number of benzene rings is 2. The average molecular weight is 463 g/mol. The van der Waals surface area contributed by atoms with Gasteiger partial charge < -0.3 is 14.4 Å². The second-order valence-electron chi connectivity index (χ2n) is 8.23. The predicted octanol–water partition coefficient (Wildman–Crippen LogP) is 4.40. The van der Waals surface area contributed by atoms with Crippen LogP contribution in [0, 0.1) is 10.1 Å². The van der Waals surface area contributed by atoms with Crippen molar-refractivity contribution in [3.63, 3.8) is 0 Å². The first kappa shape index (κ1) is 24.7. The molecule has 2 aromatic carbocycles. The molecule has 0 bridgehead atoms. The van der Waals surface area contributed by atoms with Gasteiger partial charge in [0.15, 0.2) is 0 Å². The lowest BCUT2D eigenvalue weighted by Crippen LogP contribution is -2.43. The molecule has 0 aliphatic rings. The summed E-state index contributed by atoms with van der Waals surface area (Å²) in [5.41, 5.74) is 2.24. The molecule has 3 rings (SSSR count). The zero-order valence-electron chi connectivity index (χ0n) is 19.6. The van der Waals surface area contributed by atoms with Gasteiger partial charge in [-0.2, -0.15) is 0 Å². The van der Waals surface area contributed by atoms with Gasteiger partial charge in [-0.3, -0.25) is 19.7 Å². The molecule has 8 heteroatoms. The highest BCUT2D eigenvalue weighted by Crippen LogP contribution is 2.16. The number of nitro groups is 1. The lowest BCUT2D eigenvalue weighted by atomic mass is 10.1. The average Bonchev–Trinajstić information content (AvgIpc) is 3.25. The predicted molar refractivity (Wildman–Crippen MR) is 130 cm³/mol. The Balaban J connectivity index is 1.81. The van der Waals surface area contributed by atoms with Gasteiger partial charge in [0.1, 0.15) is 6.54 Å². The number of aromatic nitrogens is 1. The zero-order chi connectivity index (χ0) is 24.5. The van der Waals surface area contributed by atoms with Crippen LogP contribution < -0.4 is 0 Å². The van der Waals surface area contributed by atoms with Gasteiger partial charge in [-0.25, -0.2) is 0 Å². The van der Waals surface area contributed by atoms with Gasteiger partial charge in [0.25, 0.3) is 11.6 Å². The van der Waals surface area contributed by atoms with Crippen LogP contribution >= 0.6 is 0 Å². The van der Waals surface area contributed by atoms with Crippen molar-refractivity contribution in [1.82, 2.24) is 14.4 Å². The van der Waals surface area contributed by atoms with E-state index < -0.39 is 4.92 Å². The maximum Gasteiger partial charge on any atom is 0.269 e. The number of aryl methyl sites for hydroxylation is 1. The fourth-order valence-electron chi connectivity index (χ4n) is 3.67. The molecule has 0 saturated heterocycles. The minimum atomic E-state index is -0.502. The van der Waals surface area contributed by atoms with Gasteiger partial charge in [-0.05, 0) is 36.2 Å². The van der Waals surface area contributed by atoms with Crippen LogP contribution in [0.15, 0.2) is 72.9 Å². The van der Waals surface area contributed by atoms with Crippen molar-refractivity contribution in [2.24, 2.45) is 7.05 Å². The number of hydrogen-bond donors (Lipinski definition) is 0.